The molecule has 0 aromatic carbocycles. The number of pyridine rings is 1. The smallest absolute Gasteiger partial charge is 0.0401 e. The van der Waals surface area contributed by atoms with Gasteiger partial charge in [-0.05, 0) is 11.6 Å². The van der Waals surface area contributed by atoms with E-state index >= 15 is 0 Å². The Bertz CT molecular complexity index is 235. The monoisotopic (exact) mass is 183 g/mol. The lowest BCUT2D eigenvalue weighted by molar-refractivity contribution is 0.930. The maximum Gasteiger partial charge on any atom is 0.0401 e. The van der Waals surface area contributed by atoms with Crippen LogP contribution in [-0.4, -0.2) is 9.30 Å². The SMILES string of the molecule is S=C([S-])NCc1cccnc1. The average Bonchev–Trinajstić information content (AvgIpc) is 2.03. The van der Waals surface area contributed by atoms with Gasteiger partial charge in [-0.1, -0.05) is 10.4 Å². The van der Waals surface area contributed by atoms with E-state index in [2.05, 4.69) is 35.1 Å². The summed E-state index contributed by atoms with van der Waals surface area (Å²) in [5.74, 6) is 0. The number of thiocarbonyl (C=S) groups is 1. The molecule has 0 radical (unpaired) electrons. The van der Waals surface area contributed by atoms with Crippen LogP contribution in [0.5, 0.6) is 0 Å². The highest BCUT2D eigenvalue weighted by Crippen LogP contribution is 1.93. The molecule has 0 bridgehead atoms. The molecule has 4 heteroatoms. The normalized spacial score (nSPS) is 9.09. The number of nitrogens with one attached hydrogen (secondary N) is 1. The third kappa shape index (κ3) is 3.25. The fraction of sp³-hybridized carbons (Fsp3) is 0.143. The number of hydrogen-bond donors (Lipinski definition) is 1. The lowest BCUT2D eigenvalue weighted by atomic mass is 10.3. The maximum atomic E-state index is 4.68. The van der Waals surface area contributed by atoms with Crippen LogP contribution >= 0.6 is 12.2 Å². The average molecular weight is 183 g/mol. The van der Waals surface area contributed by atoms with Gasteiger partial charge in [0.2, 0.25) is 0 Å². The summed E-state index contributed by atoms with van der Waals surface area (Å²) < 4.78 is 0.397. The van der Waals surface area contributed by atoms with Crippen molar-refractivity contribution in [2.24, 2.45) is 0 Å². The Hall–Kier alpha value is -0.740. The molecule has 0 amide bonds. The molecule has 2 nitrogen and oxygen atoms in total. The lowest BCUT2D eigenvalue weighted by Crippen LogP contribution is -2.17. The highest BCUT2D eigenvalue weighted by Gasteiger charge is 1.86. The quantitative estimate of drug-likeness (QED) is 0.546. The first-order chi connectivity index (χ1) is 5.29. The van der Waals surface area contributed by atoms with Gasteiger partial charge < -0.3 is 30.2 Å². The second-order valence-corrected chi connectivity index (χ2v) is 3.08. The predicted molar refractivity (Wildman–Crippen MR) is 51.0 cm³/mol. The van der Waals surface area contributed by atoms with Crippen LogP contribution < -0.4 is 5.32 Å². The molecule has 0 aliphatic rings. The number of rotatable bonds is 2. The standard InChI is InChI=1S/C7H8N2S2/c10-7(11)9-5-6-2-1-3-8-4-6/h1-4H,5H2,(H2,9,10,11)/p-1. The molecule has 1 N–H and O–H groups in total. The van der Waals surface area contributed by atoms with E-state index in [1.807, 2.05) is 12.1 Å². The van der Waals surface area contributed by atoms with Crippen LogP contribution in [-0.2, 0) is 19.2 Å². The second kappa shape index (κ2) is 4.20. The molecule has 0 atom stereocenters. The van der Waals surface area contributed by atoms with Gasteiger partial charge in [-0.25, -0.2) is 0 Å². The van der Waals surface area contributed by atoms with Crippen LogP contribution in [0.15, 0.2) is 24.5 Å². The van der Waals surface area contributed by atoms with Crippen molar-refractivity contribution in [1.82, 2.24) is 10.3 Å². The second-order valence-electron chi connectivity index (χ2n) is 2.00. The predicted octanol–water partition coefficient (Wildman–Crippen LogP) is 1.00. The largest absolute Gasteiger partial charge is 0.412 e. The van der Waals surface area contributed by atoms with Crippen molar-refractivity contribution in [2.45, 2.75) is 6.54 Å². The highest BCUT2D eigenvalue weighted by atomic mass is 32.1. The van der Waals surface area contributed by atoms with Gasteiger partial charge in [0.05, 0.1) is 0 Å². The number of aromatic nitrogens is 1. The molecule has 58 valence electrons. The molecular formula is C7H7N2S2-. The first-order valence-corrected chi connectivity index (χ1v) is 3.94. The van der Waals surface area contributed by atoms with Crippen LogP contribution in [0.2, 0.25) is 0 Å². The summed E-state index contributed by atoms with van der Waals surface area (Å²) in [4.78, 5) is 3.95. The van der Waals surface area contributed by atoms with Crippen molar-refractivity contribution in [1.29, 1.82) is 0 Å². The number of nitrogens with zero attached hydrogens (tertiary/aromatic N) is 1. The van der Waals surface area contributed by atoms with Crippen molar-refractivity contribution < 1.29 is 0 Å². The zero-order valence-electron chi connectivity index (χ0n) is 5.78. The molecule has 1 aromatic rings. The minimum absolute atomic E-state index is 0.397. The Morgan fingerprint density at radius 3 is 3.09 bits per heavy atom. The van der Waals surface area contributed by atoms with Crippen molar-refractivity contribution in [3.8, 4) is 0 Å². The Labute approximate surface area is 76.4 Å². The lowest BCUT2D eigenvalue weighted by Gasteiger charge is -2.08. The van der Waals surface area contributed by atoms with E-state index in [1.165, 1.54) is 0 Å². The van der Waals surface area contributed by atoms with E-state index in [0.29, 0.717) is 10.9 Å². The molecule has 0 unspecified atom stereocenters. The van der Waals surface area contributed by atoms with Gasteiger partial charge in [-0.15, -0.1) is 0 Å². The molecule has 1 rings (SSSR count). The van der Waals surface area contributed by atoms with Crippen LogP contribution in [0.25, 0.3) is 0 Å². The fourth-order valence-corrected chi connectivity index (χ4v) is 0.821. The first kappa shape index (κ1) is 8.36. The molecule has 0 aliphatic carbocycles. The van der Waals surface area contributed by atoms with Gasteiger partial charge in [-0.3, -0.25) is 4.98 Å². The van der Waals surface area contributed by atoms with E-state index in [-0.39, 0.29) is 0 Å². The molecule has 1 aromatic heterocycles. The summed E-state index contributed by atoms with van der Waals surface area (Å²) in [5, 5.41) is 2.87. The Morgan fingerprint density at radius 2 is 2.55 bits per heavy atom. The summed E-state index contributed by atoms with van der Waals surface area (Å²) in [6.45, 7) is 0.663. The zero-order valence-corrected chi connectivity index (χ0v) is 7.41. The fourth-order valence-electron chi connectivity index (χ4n) is 0.677. The molecular weight excluding hydrogens is 176 g/mol. The molecule has 0 spiro atoms. The minimum Gasteiger partial charge on any atom is -0.412 e. The van der Waals surface area contributed by atoms with Crippen molar-refractivity contribution in [3.63, 3.8) is 0 Å². The summed E-state index contributed by atoms with van der Waals surface area (Å²) in [6, 6.07) is 3.84. The molecule has 11 heavy (non-hydrogen) atoms. The summed E-state index contributed by atoms with van der Waals surface area (Å²) in [5.41, 5.74) is 1.08. The zero-order chi connectivity index (χ0) is 8.10. The van der Waals surface area contributed by atoms with E-state index in [1.54, 1.807) is 12.4 Å². The van der Waals surface area contributed by atoms with Gasteiger partial charge in [0.25, 0.3) is 0 Å². The third-order valence-electron chi connectivity index (χ3n) is 1.16. The Balaban J connectivity index is 2.45. The summed E-state index contributed by atoms with van der Waals surface area (Å²) >= 11 is 9.36. The van der Waals surface area contributed by atoms with E-state index in [4.69, 9.17) is 0 Å². The molecule has 0 fully saturated rings. The molecule has 0 aliphatic heterocycles. The van der Waals surface area contributed by atoms with E-state index in [9.17, 15) is 0 Å². The van der Waals surface area contributed by atoms with E-state index < -0.39 is 0 Å². The number of hydrogen-bond acceptors (Lipinski definition) is 3. The first-order valence-electron chi connectivity index (χ1n) is 3.13. The maximum absolute atomic E-state index is 4.68. The van der Waals surface area contributed by atoms with Crippen LogP contribution in [0.1, 0.15) is 5.56 Å². The Kier molecular flexibility index (Phi) is 3.19. The Morgan fingerprint density at radius 1 is 1.73 bits per heavy atom. The van der Waals surface area contributed by atoms with Crippen LogP contribution in [0.4, 0.5) is 0 Å². The molecule has 0 saturated carbocycles. The van der Waals surface area contributed by atoms with Crippen molar-refractivity contribution >= 4 is 29.2 Å². The van der Waals surface area contributed by atoms with Crippen LogP contribution in [0, 0.1) is 0 Å². The van der Waals surface area contributed by atoms with Crippen LogP contribution in [0.3, 0.4) is 0 Å². The van der Waals surface area contributed by atoms with Gasteiger partial charge in [-0.2, -0.15) is 0 Å². The van der Waals surface area contributed by atoms with Crippen molar-refractivity contribution in [3.05, 3.63) is 30.1 Å². The summed E-state index contributed by atoms with van der Waals surface area (Å²) in [6.07, 6.45) is 3.51. The highest BCUT2D eigenvalue weighted by molar-refractivity contribution is 8.00. The van der Waals surface area contributed by atoms with Gasteiger partial charge in [0, 0.05) is 18.9 Å². The molecule has 1 heterocycles. The van der Waals surface area contributed by atoms with Gasteiger partial charge >= 0.3 is 0 Å². The van der Waals surface area contributed by atoms with E-state index in [0.717, 1.165) is 5.56 Å². The van der Waals surface area contributed by atoms with Crippen molar-refractivity contribution in [2.75, 3.05) is 0 Å². The summed E-state index contributed by atoms with van der Waals surface area (Å²) in [7, 11) is 0. The molecule has 0 saturated heterocycles. The topological polar surface area (TPSA) is 24.9 Å². The third-order valence-corrected chi connectivity index (χ3v) is 1.45. The van der Waals surface area contributed by atoms with Gasteiger partial charge in [0.1, 0.15) is 0 Å². The van der Waals surface area contributed by atoms with Gasteiger partial charge in [0.15, 0.2) is 0 Å². The minimum atomic E-state index is 0.397.